The molecule has 50 heavy (non-hydrogen) atoms. The van der Waals surface area contributed by atoms with E-state index in [0.717, 1.165) is 53.7 Å². The van der Waals surface area contributed by atoms with Crippen molar-refractivity contribution in [1.82, 2.24) is 19.8 Å². The monoisotopic (exact) mass is 676 g/mol. The van der Waals surface area contributed by atoms with Gasteiger partial charge in [-0.15, -0.1) is 0 Å². The second-order valence-electron chi connectivity index (χ2n) is 16.1. The summed E-state index contributed by atoms with van der Waals surface area (Å²) in [5, 5.41) is 13.9. The predicted molar refractivity (Wildman–Crippen MR) is 197 cm³/mol. The Hall–Kier alpha value is -3.59. The van der Waals surface area contributed by atoms with Gasteiger partial charge in [-0.25, -0.2) is 0 Å². The number of rotatable bonds is 5. The molecule has 9 atom stereocenters. The molecule has 8 nitrogen and oxygen atoms in total. The number of carbonyl (C=O) groups is 1. The molecule has 3 N–H and O–H groups in total. The first-order chi connectivity index (χ1) is 24.3. The van der Waals surface area contributed by atoms with Crippen molar-refractivity contribution < 1.29 is 19.4 Å². The van der Waals surface area contributed by atoms with Crippen LogP contribution in [0.15, 0.2) is 48.0 Å². The maximum atomic E-state index is 14.1. The van der Waals surface area contributed by atoms with E-state index in [1.54, 1.807) is 7.11 Å². The number of para-hydroxylation sites is 1. The SMILES string of the molecule is C/C=C1/CN(C)[C@H]2Cc3c([nH]c4ccccc34)[C@H](c3cc4c5c([nH]c4cc3OC)[C@@H]3C[C@H]4C[C@H](CC)[C@@H]3N(CC5)C4)C[C@@H]1[C@]2(CO)C(=O)OC. The summed E-state index contributed by atoms with van der Waals surface area (Å²) in [6.07, 6.45) is 8.39. The van der Waals surface area contributed by atoms with Crippen LogP contribution in [-0.4, -0.2) is 90.4 Å². The van der Waals surface area contributed by atoms with E-state index in [0.29, 0.717) is 24.8 Å². The molecule has 0 spiro atoms. The number of aromatic nitrogens is 2. The Bertz CT molecular complexity index is 2010. The Morgan fingerprint density at radius 1 is 1.06 bits per heavy atom. The van der Waals surface area contributed by atoms with Crippen LogP contribution in [0.5, 0.6) is 5.75 Å². The molecule has 2 aromatic carbocycles. The number of nitrogens with one attached hydrogen (secondary N) is 2. The van der Waals surface area contributed by atoms with Crippen LogP contribution in [0.4, 0.5) is 0 Å². The molecule has 6 heterocycles. The number of H-pyrrole nitrogens is 2. The largest absolute Gasteiger partial charge is 0.496 e. The highest BCUT2D eigenvalue weighted by atomic mass is 16.5. The number of aromatic amines is 2. The molecule has 2 aromatic heterocycles. The molecule has 2 aliphatic carbocycles. The number of hydrogen-bond acceptors (Lipinski definition) is 6. The number of esters is 1. The van der Waals surface area contributed by atoms with Gasteiger partial charge < -0.3 is 24.5 Å². The van der Waals surface area contributed by atoms with Crippen LogP contribution in [0.25, 0.3) is 21.8 Å². The Morgan fingerprint density at radius 3 is 2.64 bits per heavy atom. The first-order valence-electron chi connectivity index (χ1n) is 18.9. The van der Waals surface area contributed by atoms with E-state index >= 15 is 0 Å². The predicted octanol–water partition coefficient (Wildman–Crippen LogP) is 6.52. The minimum absolute atomic E-state index is 0.101. The zero-order valence-corrected chi connectivity index (χ0v) is 30.2. The zero-order valence-electron chi connectivity index (χ0n) is 30.2. The highest BCUT2D eigenvalue weighted by Gasteiger charge is 2.59. The lowest BCUT2D eigenvalue weighted by Crippen LogP contribution is -2.63. The number of ether oxygens (including phenoxy) is 2. The zero-order chi connectivity index (χ0) is 34.5. The van der Waals surface area contributed by atoms with Gasteiger partial charge in [0.2, 0.25) is 0 Å². The van der Waals surface area contributed by atoms with Crippen molar-refractivity contribution in [3.63, 3.8) is 0 Å². The smallest absolute Gasteiger partial charge is 0.316 e. The highest BCUT2D eigenvalue weighted by Crippen LogP contribution is 2.55. The fourth-order valence-electron chi connectivity index (χ4n) is 12.0. The fraction of sp³-hybridized carbons (Fsp3) is 0.548. The first kappa shape index (κ1) is 32.3. The summed E-state index contributed by atoms with van der Waals surface area (Å²) in [4.78, 5) is 27.1. The van der Waals surface area contributed by atoms with Crippen molar-refractivity contribution in [3.05, 3.63) is 76.1 Å². The number of piperidine rings is 3. The fourth-order valence-corrected chi connectivity index (χ4v) is 12.0. The molecule has 10 rings (SSSR count). The summed E-state index contributed by atoms with van der Waals surface area (Å²) in [7, 11) is 5.33. The summed E-state index contributed by atoms with van der Waals surface area (Å²) in [5.74, 6) is 2.32. The lowest BCUT2D eigenvalue weighted by Gasteiger charge is -2.53. The summed E-state index contributed by atoms with van der Waals surface area (Å²) in [5.41, 5.74) is 8.79. The van der Waals surface area contributed by atoms with Crippen LogP contribution in [0.1, 0.15) is 79.4 Å². The van der Waals surface area contributed by atoms with Crippen molar-refractivity contribution in [2.24, 2.45) is 23.2 Å². The van der Waals surface area contributed by atoms with Crippen LogP contribution < -0.4 is 4.74 Å². The quantitative estimate of drug-likeness (QED) is 0.165. The molecule has 6 bridgehead atoms. The third kappa shape index (κ3) is 4.43. The Labute approximate surface area is 295 Å². The lowest BCUT2D eigenvalue weighted by molar-refractivity contribution is -0.169. The van der Waals surface area contributed by atoms with E-state index < -0.39 is 5.41 Å². The molecule has 0 amide bonds. The van der Waals surface area contributed by atoms with Crippen LogP contribution in [0.3, 0.4) is 0 Å². The number of methoxy groups -OCH3 is 2. The van der Waals surface area contributed by atoms with Gasteiger partial charge >= 0.3 is 5.97 Å². The van der Waals surface area contributed by atoms with Crippen LogP contribution >= 0.6 is 0 Å². The van der Waals surface area contributed by atoms with Gasteiger partial charge in [0.1, 0.15) is 11.2 Å². The van der Waals surface area contributed by atoms with Gasteiger partial charge in [-0.1, -0.05) is 43.2 Å². The van der Waals surface area contributed by atoms with Gasteiger partial charge in [-0.2, -0.15) is 0 Å². The molecule has 6 aliphatic rings. The van der Waals surface area contributed by atoms with E-state index in [4.69, 9.17) is 9.47 Å². The molecule has 264 valence electrons. The molecular weight excluding hydrogens is 624 g/mol. The van der Waals surface area contributed by atoms with Crippen molar-refractivity contribution in [1.29, 1.82) is 0 Å². The summed E-state index contributed by atoms with van der Waals surface area (Å²) in [6, 6.07) is 13.6. The van der Waals surface area contributed by atoms with Crippen LogP contribution in [-0.2, 0) is 22.4 Å². The van der Waals surface area contributed by atoms with Crippen molar-refractivity contribution in [2.45, 2.75) is 76.3 Å². The second-order valence-corrected chi connectivity index (χ2v) is 16.1. The molecular formula is C42H52N4O4. The van der Waals surface area contributed by atoms with Gasteiger partial charge in [-0.3, -0.25) is 14.6 Å². The number of nitrogens with zero attached hydrogens (tertiary/aromatic N) is 2. The number of aliphatic hydroxyl groups excluding tert-OH is 1. The van der Waals surface area contributed by atoms with E-state index in [9.17, 15) is 9.90 Å². The molecule has 4 aliphatic heterocycles. The number of benzene rings is 2. The van der Waals surface area contributed by atoms with Crippen molar-refractivity contribution in [3.8, 4) is 5.75 Å². The molecule has 4 fully saturated rings. The molecule has 3 saturated heterocycles. The van der Waals surface area contributed by atoms with E-state index in [-0.39, 0.29) is 30.5 Å². The van der Waals surface area contributed by atoms with Gasteiger partial charge in [0.25, 0.3) is 0 Å². The van der Waals surface area contributed by atoms with Gasteiger partial charge in [0.15, 0.2) is 0 Å². The summed E-state index contributed by atoms with van der Waals surface area (Å²) < 4.78 is 11.9. The number of likely N-dealkylation sites (tertiary alicyclic amines) is 1. The highest BCUT2D eigenvalue weighted by molar-refractivity contribution is 5.89. The molecule has 1 saturated carbocycles. The molecule has 8 heteroatoms. The van der Waals surface area contributed by atoms with Gasteiger partial charge in [0.05, 0.1) is 20.8 Å². The Kier molecular flexibility index (Phi) is 7.75. The maximum Gasteiger partial charge on any atom is 0.316 e. The molecule has 1 unspecified atom stereocenters. The number of fused-ring (bicyclic) bond motifs is 9. The van der Waals surface area contributed by atoms with Gasteiger partial charge in [0, 0.05) is 94.3 Å². The van der Waals surface area contributed by atoms with Crippen LogP contribution in [0, 0.1) is 23.2 Å². The van der Waals surface area contributed by atoms with Gasteiger partial charge in [-0.05, 0) is 81.2 Å². The van der Waals surface area contributed by atoms with Crippen molar-refractivity contribution >= 4 is 27.8 Å². The number of aliphatic hydroxyl groups is 1. The number of likely N-dealkylation sites (N-methyl/N-ethyl adjacent to an activating group) is 1. The normalized spacial score (nSPS) is 34.2. The lowest BCUT2D eigenvalue weighted by atomic mass is 9.58. The molecule has 4 aromatic rings. The van der Waals surface area contributed by atoms with E-state index in [1.807, 2.05) is 0 Å². The van der Waals surface area contributed by atoms with Crippen molar-refractivity contribution in [2.75, 3.05) is 47.5 Å². The minimum atomic E-state index is -1.11. The molecule has 0 radical (unpaired) electrons. The third-order valence-electron chi connectivity index (χ3n) is 14.1. The average Bonchev–Trinajstić information content (AvgIpc) is 3.66. The number of carbonyl (C=O) groups excluding carboxylic acids is 1. The average molecular weight is 677 g/mol. The Morgan fingerprint density at radius 2 is 1.88 bits per heavy atom. The maximum absolute atomic E-state index is 14.1. The number of hydrogen-bond donors (Lipinski definition) is 3. The first-order valence-corrected chi connectivity index (χ1v) is 18.9. The summed E-state index contributed by atoms with van der Waals surface area (Å²) in [6.45, 7) is 7.28. The Balaban J connectivity index is 1.27. The topological polar surface area (TPSA) is 93.8 Å². The van der Waals surface area contributed by atoms with Crippen LogP contribution in [0.2, 0.25) is 0 Å². The second kappa shape index (κ2) is 12.0. The van der Waals surface area contributed by atoms with E-state index in [1.165, 1.54) is 71.8 Å². The number of allylic oxidation sites excluding steroid dienone is 1. The summed E-state index contributed by atoms with van der Waals surface area (Å²) >= 11 is 0. The minimum Gasteiger partial charge on any atom is -0.496 e. The standard InChI is InChI=1S/C42H52N4O4/c1-6-24-14-23-15-32-38-27(12-13-46(20-23)40(24)32)28-16-29(36(49-4)19-35(28)44-38)30-17-33-25(7-2)21-45(3)37(42(33,22-47)41(48)50-5)18-31-26-10-8-9-11-34(26)43-39(30)31/h7-11,16,19,23-24,30,32-33,37,40,43-44,47H,6,12-15,17-18,20-22H2,1-5H3/b25-7-/t23-,24+,30+,32+,33+,37+,40+,42+/m1/s1. The third-order valence-corrected chi connectivity index (χ3v) is 14.1. The van der Waals surface area contributed by atoms with E-state index in [2.05, 4.69) is 83.1 Å².